The van der Waals surface area contributed by atoms with E-state index >= 15 is 0 Å². The van der Waals surface area contributed by atoms with Crippen LogP contribution in [-0.2, 0) is 9.53 Å². The molecular formula is C15H16N2O3S. The molecule has 5 nitrogen and oxygen atoms in total. The van der Waals surface area contributed by atoms with Crippen LogP contribution in [-0.4, -0.2) is 23.4 Å². The number of ether oxygens (including phenoxy) is 2. The fourth-order valence-corrected chi connectivity index (χ4v) is 3.21. The smallest absolute Gasteiger partial charge is 0.317 e. The largest absolute Gasteiger partial charge is 0.467 e. The molecule has 0 radical (unpaired) electrons. The predicted octanol–water partition coefficient (Wildman–Crippen LogP) is 1.66. The maximum absolute atomic E-state index is 12.4. The van der Waals surface area contributed by atoms with E-state index in [4.69, 9.17) is 21.7 Å². The van der Waals surface area contributed by atoms with E-state index in [9.17, 15) is 4.79 Å². The third-order valence-corrected chi connectivity index (χ3v) is 3.97. The lowest BCUT2D eigenvalue weighted by Crippen LogP contribution is -2.70. The van der Waals surface area contributed by atoms with Gasteiger partial charge in [0, 0.05) is 5.56 Å². The summed E-state index contributed by atoms with van der Waals surface area (Å²) in [6.07, 6.45) is 1.54. The third kappa shape index (κ3) is 2.25. The molecule has 3 atom stereocenters. The lowest BCUT2D eigenvalue weighted by atomic mass is 9.80. The van der Waals surface area contributed by atoms with Crippen LogP contribution < -0.4 is 15.4 Å². The van der Waals surface area contributed by atoms with Crippen LogP contribution in [0.3, 0.4) is 0 Å². The number of hydrogen-bond acceptors (Lipinski definition) is 4. The first-order chi connectivity index (χ1) is 10.0. The summed E-state index contributed by atoms with van der Waals surface area (Å²) in [5.41, 5.74) is -0.0287. The number of carbonyl (C=O) groups is 1. The molecule has 2 heterocycles. The molecule has 0 amide bonds. The van der Waals surface area contributed by atoms with Crippen molar-refractivity contribution in [1.29, 1.82) is 0 Å². The molecule has 1 aromatic rings. The van der Waals surface area contributed by atoms with Gasteiger partial charge in [-0.3, -0.25) is 4.79 Å². The topological polar surface area (TPSA) is 59.6 Å². The molecule has 0 aromatic heterocycles. The molecule has 0 spiro atoms. The Labute approximate surface area is 128 Å². The van der Waals surface area contributed by atoms with Crippen LogP contribution in [0.5, 0.6) is 5.75 Å². The number of rotatable bonds is 3. The quantitative estimate of drug-likeness (QED) is 0.503. The van der Waals surface area contributed by atoms with E-state index in [0.717, 1.165) is 11.3 Å². The van der Waals surface area contributed by atoms with Crippen LogP contribution in [0.15, 0.2) is 36.9 Å². The summed E-state index contributed by atoms with van der Waals surface area (Å²) in [5.74, 6) is -0.154. The van der Waals surface area contributed by atoms with Gasteiger partial charge in [0.25, 0.3) is 0 Å². The second-order valence-electron chi connectivity index (χ2n) is 5.22. The molecule has 1 aromatic carbocycles. The van der Waals surface area contributed by atoms with Gasteiger partial charge in [-0.2, -0.15) is 0 Å². The number of esters is 1. The highest BCUT2D eigenvalue weighted by Crippen LogP contribution is 2.44. The van der Waals surface area contributed by atoms with Gasteiger partial charge in [0.2, 0.25) is 0 Å². The SMILES string of the molecule is C=CCOC(=O)[C@@H]1[C@H]2NC(=S)N[C@@]1(C)Oc1ccccc12. The van der Waals surface area contributed by atoms with Crippen molar-refractivity contribution in [2.45, 2.75) is 18.7 Å². The average molecular weight is 304 g/mol. The Morgan fingerprint density at radius 3 is 3.10 bits per heavy atom. The molecule has 0 unspecified atom stereocenters. The standard InChI is InChI=1S/C15H16N2O3S/c1-3-8-19-13(18)11-12-9-6-4-5-7-10(9)20-15(11,2)17-14(21)16-12/h3-7,11-12H,1,8H2,2H3,(H2,16,17,21)/t11-,12-,15-/m0/s1. The molecular weight excluding hydrogens is 288 g/mol. The maximum Gasteiger partial charge on any atom is 0.317 e. The monoisotopic (exact) mass is 304 g/mol. The molecule has 0 aliphatic carbocycles. The molecule has 1 fully saturated rings. The molecule has 2 aliphatic heterocycles. The van der Waals surface area contributed by atoms with Gasteiger partial charge >= 0.3 is 5.97 Å². The first-order valence-corrected chi connectivity index (χ1v) is 7.10. The minimum absolute atomic E-state index is 0.171. The zero-order valence-corrected chi connectivity index (χ0v) is 12.4. The molecule has 2 aliphatic rings. The summed E-state index contributed by atoms with van der Waals surface area (Å²) in [6, 6.07) is 7.33. The number of hydrogen-bond donors (Lipinski definition) is 2. The highest BCUT2D eigenvalue weighted by atomic mass is 32.1. The number of thiocarbonyl (C=S) groups is 1. The van der Waals surface area contributed by atoms with E-state index in [-0.39, 0.29) is 18.6 Å². The predicted molar refractivity (Wildman–Crippen MR) is 81.7 cm³/mol. The molecule has 2 N–H and O–H groups in total. The van der Waals surface area contributed by atoms with Gasteiger partial charge in [-0.1, -0.05) is 30.9 Å². The van der Waals surface area contributed by atoms with Gasteiger partial charge in [-0.25, -0.2) is 0 Å². The van der Waals surface area contributed by atoms with Crippen LogP contribution in [0.4, 0.5) is 0 Å². The zero-order valence-electron chi connectivity index (χ0n) is 11.6. The minimum Gasteiger partial charge on any atom is -0.467 e. The Bertz CT molecular complexity index is 619. The summed E-state index contributed by atoms with van der Waals surface area (Å²) >= 11 is 5.22. The van der Waals surface area contributed by atoms with Gasteiger partial charge in [0.15, 0.2) is 10.8 Å². The van der Waals surface area contributed by atoms with Crippen molar-refractivity contribution >= 4 is 23.3 Å². The van der Waals surface area contributed by atoms with Gasteiger partial charge in [-0.15, -0.1) is 0 Å². The third-order valence-electron chi connectivity index (χ3n) is 3.75. The van der Waals surface area contributed by atoms with Crippen molar-refractivity contribution in [1.82, 2.24) is 10.6 Å². The second kappa shape index (κ2) is 5.04. The number of para-hydroxylation sites is 1. The van der Waals surface area contributed by atoms with E-state index in [1.165, 1.54) is 0 Å². The van der Waals surface area contributed by atoms with Crippen molar-refractivity contribution in [2.24, 2.45) is 5.92 Å². The average Bonchev–Trinajstić information content (AvgIpc) is 2.43. The number of benzene rings is 1. The Hall–Kier alpha value is -2.08. The maximum atomic E-state index is 12.4. The normalized spacial score (nSPS) is 29.3. The second-order valence-corrected chi connectivity index (χ2v) is 5.63. The fraction of sp³-hybridized carbons (Fsp3) is 0.333. The lowest BCUT2D eigenvalue weighted by Gasteiger charge is -2.50. The Morgan fingerprint density at radius 1 is 1.57 bits per heavy atom. The summed E-state index contributed by atoms with van der Waals surface area (Å²) < 4.78 is 11.2. The van der Waals surface area contributed by atoms with Crippen molar-refractivity contribution in [2.75, 3.05) is 6.61 Å². The van der Waals surface area contributed by atoms with Crippen molar-refractivity contribution in [3.05, 3.63) is 42.5 Å². The summed E-state index contributed by atoms with van der Waals surface area (Å²) in [7, 11) is 0. The van der Waals surface area contributed by atoms with Crippen LogP contribution in [0.1, 0.15) is 18.5 Å². The first kappa shape index (κ1) is 13.9. The Balaban J connectivity index is 2.03. The lowest BCUT2D eigenvalue weighted by molar-refractivity contribution is -0.161. The Morgan fingerprint density at radius 2 is 2.33 bits per heavy atom. The van der Waals surface area contributed by atoms with Crippen molar-refractivity contribution in [3.8, 4) is 5.75 Å². The highest BCUT2D eigenvalue weighted by Gasteiger charge is 2.55. The van der Waals surface area contributed by atoms with Crippen LogP contribution >= 0.6 is 12.2 Å². The van der Waals surface area contributed by atoms with E-state index in [1.54, 1.807) is 6.08 Å². The molecule has 110 valence electrons. The van der Waals surface area contributed by atoms with Crippen LogP contribution in [0, 0.1) is 5.92 Å². The first-order valence-electron chi connectivity index (χ1n) is 6.69. The number of carbonyl (C=O) groups excluding carboxylic acids is 1. The molecule has 2 bridgehead atoms. The van der Waals surface area contributed by atoms with Gasteiger partial charge < -0.3 is 20.1 Å². The van der Waals surface area contributed by atoms with E-state index < -0.39 is 11.6 Å². The molecule has 6 heteroatoms. The number of fused-ring (bicyclic) bond motifs is 4. The van der Waals surface area contributed by atoms with E-state index in [2.05, 4.69) is 17.2 Å². The van der Waals surface area contributed by atoms with E-state index in [0.29, 0.717) is 5.11 Å². The molecule has 1 saturated heterocycles. The molecule has 0 saturated carbocycles. The Kier molecular flexibility index (Phi) is 3.33. The summed E-state index contributed by atoms with van der Waals surface area (Å²) in [6.45, 7) is 5.53. The van der Waals surface area contributed by atoms with Crippen LogP contribution in [0.25, 0.3) is 0 Å². The highest BCUT2D eigenvalue weighted by molar-refractivity contribution is 7.80. The summed E-state index contributed by atoms with van der Waals surface area (Å²) in [4.78, 5) is 12.4. The van der Waals surface area contributed by atoms with Crippen molar-refractivity contribution < 1.29 is 14.3 Å². The summed E-state index contributed by atoms with van der Waals surface area (Å²) in [5, 5.41) is 6.66. The number of nitrogens with one attached hydrogen (secondary N) is 2. The molecule has 21 heavy (non-hydrogen) atoms. The zero-order chi connectivity index (χ0) is 15.0. The van der Waals surface area contributed by atoms with Gasteiger partial charge in [0.05, 0.1) is 6.04 Å². The molecule has 3 rings (SSSR count). The fourth-order valence-electron chi connectivity index (χ4n) is 2.88. The van der Waals surface area contributed by atoms with Gasteiger partial charge in [-0.05, 0) is 25.2 Å². The van der Waals surface area contributed by atoms with Crippen molar-refractivity contribution in [3.63, 3.8) is 0 Å². The minimum atomic E-state index is -0.931. The van der Waals surface area contributed by atoms with E-state index in [1.807, 2.05) is 31.2 Å². The van der Waals surface area contributed by atoms with Gasteiger partial charge in [0.1, 0.15) is 18.3 Å². The van der Waals surface area contributed by atoms with Crippen LogP contribution in [0.2, 0.25) is 0 Å².